The van der Waals surface area contributed by atoms with E-state index in [9.17, 15) is 18.4 Å². The second kappa shape index (κ2) is 3.77. The molecule has 0 saturated carbocycles. The van der Waals surface area contributed by atoms with Crippen molar-refractivity contribution in [1.29, 1.82) is 0 Å². The molecule has 0 radical (unpaired) electrons. The van der Waals surface area contributed by atoms with E-state index in [1.807, 2.05) is 0 Å². The molecule has 1 atom stereocenters. The number of hydrogen-bond donors (Lipinski definition) is 1. The lowest BCUT2D eigenvalue weighted by Crippen LogP contribution is -2.09. The molecule has 0 fully saturated rings. The van der Waals surface area contributed by atoms with E-state index in [4.69, 9.17) is 5.11 Å². The van der Waals surface area contributed by atoms with Gasteiger partial charge in [-0.3, -0.25) is 0 Å². The van der Waals surface area contributed by atoms with Gasteiger partial charge in [0.2, 0.25) is 6.29 Å². The van der Waals surface area contributed by atoms with Gasteiger partial charge in [0.25, 0.3) is 0 Å². The summed E-state index contributed by atoms with van der Waals surface area (Å²) in [5.41, 5.74) is -2.07. The number of carbonyl (C=O) groups is 2. The van der Waals surface area contributed by atoms with E-state index >= 15 is 0 Å². The number of esters is 1. The number of cyclic esters (lactones) is 1. The second-order valence-corrected chi connectivity index (χ2v) is 3.29. The first-order valence-electron chi connectivity index (χ1n) is 4.46. The van der Waals surface area contributed by atoms with Gasteiger partial charge in [0.15, 0.2) is 5.82 Å². The number of fused-ring (bicyclic) bond motifs is 1. The van der Waals surface area contributed by atoms with Crippen LogP contribution in [-0.4, -0.2) is 24.2 Å². The van der Waals surface area contributed by atoms with Crippen molar-refractivity contribution in [3.8, 4) is 0 Å². The third-order valence-corrected chi connectivity index (χ3v) is 2.35. The van der Waals surface area contributed by atoms with Gasteiger partial charge in [-0.2, -0.15) is 0 Å². The van der Waals surface area contributed by atoms with Crippen LogP contribution in [0.1, 0.15) is 32.6 Å². The summed E-state index contributed by atoms with van der Waals surface area (Å²) in [4.78, 5) is 21.9. The molecule has 1 aliphatic rings. The van der Waals surface area contributed by atoms with Gasteiger partial charge in [0.1, 0.15) is 11.4 Å². The van der Waals surface area contributed by atoms with Gasteiger partial charge >= 0.3 is 11.9 Å². The average Bonchev–Trinajstić information content (AvgIpc) is 2.61. The predicted molar refractivity (Wildman–Crippen MR) is 48.5 cm³/mol. The lowest BCUT2D eigenvalue weighted by atomic mass is 10.0. The van der Waals surface area contributed by atoms with Crippen molar-refractivity contribution >= 4 is 11.9 Å². The van der Waals surface area contributed by atoms with E-state index in [0.717, 1.165) is 7.11 Å². The summed E-state index contributed by atoms with van der Waals surface area (Å²) in [5.74, 6) is -5.20. The normalized spacial score (nSPS) is 17.8. The molecule has 5 nitrogen and oxygen atoms in total. The fraction of sp³-hybridized carbons (Fsp3) is 0.200. The molecule has 0 amide bonds. The van der Waals surface area contributed by atoms with E-state index < -0.39 is 46.6 Å². The topological polar surface area (TPSA) is 72.8 Å². The lowest BCUT2D eigenvalue weighted by Gasteiger charge is -2.08. The maximum absolute atomic E-state index is 13.7. The molecule has 0 spiro atoms. The van der Waals surface area contributed by atoms with Crippen LogP contribution in [0.4, 0.5) is 8.78 Å². The Hall–Kier alpha value is -2.02. The van der Waals surface area contributed by atoms with Gasteiger partial charge in [-0.1, -0.05) is 0 Å². The minimum atomic E-state index is -1.67. The highest BCUT2D eigenvalue weighted by Gasteiger charge is 2.39. The molecule has 1 heterocycles. The molecule has 2 rings (SSSR count). The summed E-state index contributed by atoms with van der Waals surface area (Å²) in [6.45, 7) is 0. The van der Waals surface area contributed by atoms with Crippen molar-refractivity contribution in [1.82, 2.24) is 0 Å². The molecule has 1 aromatic carbocycles. The van der Waals surface area contributed by atoms with Crippen molar-refractivity contribution in [2.45, 2.75) is 6.29 Å². The van der Waals surface area contributed by atoms with Gasteiger partial charge in [-0.15, -0.1) is 0 Å². The largest absolute Gasteiger partial charge is 0.478 e. The van der Waals surface area contributed by atoms with Crippen molar-refractivity contribution in [3.05, 3.63) is 34.4 Å². The third kappa shape index (κ3) is 1.55. The summed E-state index contributed by atoms with van der Waals surface area (Å²) in [7, 11) is 1.15. The zero-order valence-electron chi connectivity index (χ0n) is 8.49. The van der Waals surface area contributed by atoms with Gasteiger partial charge in [0.05, 0.1) is 11.1 Å². The van der Waals surface area contributed by atoms with Crippen LogP contribution in [0.2, 0.25) is 0 Å². The molecule has 1 aliphatic heterocycles. The summed E-state index contributed by atoms with van der Waals surface area (Å²) in [5, 5.41) is 8.64. The Labute approximate surface area is 93.6 Å². The molecular weight excluding hydrogens is 238 g/mol. The number of aromatic carboxylic acids is 1. The van der Waals surface area contributed by atoms with Crippen LogP contribution in [0, 0.1) is 11.6 Å². The number of methoxy groups -OCH3 is 1. The van der Waals surface area contributed by atoms with Gasteiger partial charge in [-0.25, -0.2) is 18.4 Å². The van der Waals surface area contributed by atoms with Crippen LogP contribution >= 0.6 is 0 Å². The van der Waals surface area contributed by atoms with Crippen LogP contribution in [0.25, 0.3) is 0 Å². The fourth-order valence-electron chi connectivity index (χ4n) is 1.61. The number of rotatable bonds is 2. The highest BCUT2D eigenvalue weighted by atomic mass is 19.1. The van der Waals surface area contributed by atoms with E-state index in [0.29, 0.717) is 6.07 Å². The summed E-state index contributed by atoms with van der Waals surface area (Å²) < 4.78 is 36.4. The minimum absolute atomic E-state index is 0.417. The molecule has 0 aromatic heterocycles. The Balaban J connectivity index is 2.74. The number of halogens is 2. The fourth-order valence-corrected chi connectivity index (χ4v) is 1.61. The van der Waals surface area contributed by atoms with Crippen LogP contribution < -0.4 is 0 Å². The third-order valence-electron chi connectivity index (χ3n) is 2.35. The zero-order chi connectivity index (χ0) is 12.7. The van der Waals surface area contributed by atoms with Crippen molar-refractivity contribution < 1.29 is 33.0 Å². The molecule has 17 heavy (non-hydrogen) atoms. The first kappa shape index (κ1) is 11.5. The highest BCUT2D eigenvalue weighted by molar-refractivity contribution is 5.98. The number of hydrogen-bond acceptors (Lipinski definition) is 4. The Morgan fingerprint density at radius 3 is 2.71 bits per heavy atom. The number of carbonyl (C=O) groups excluding carboxylic acids is 1. The van der Waals surface area contributed by atoms with Crippen LogP contribution in [0.15, 0.2) is 6.07 Å². The van der Waals surface area contributed by atoms with Crippen LogP contribution in [0.5, 0.6) is 0 Å². The van der Waals surface area contributed by atoms with Crippen LogP contribution in [0.3, 0.4) is 0 Å². The first-order valence-corrected chi connectivity index (χ1v) is 4.46. The number of ether oxygens (including phenoxy) is 2. The van der Waals surface area contributed by atoms with Crippen molar-refractivity contribution in [3.63, 3.8) is 0 Å². The summed E-state index contributed by atoms with van der Waals surface area (Å²) >= 11 is 0. The maximum Gasteiger partial charge on any atom is 0.344 e. The van der Waals surface area contributed by atoms with Gasteiger partial charge in [-0.05, 0) is 6.07 Å². The molecule has 0 aliphatic carbocycles. The average molecular weight is 244 g/mol. The summed E-state index contributed by atoms with van der Waals surface area (Å²) in [6.07, 6.45) is -1.35. The monoisotopic (exact) mass is 244 g/mol. The standard InChI is InChI=1S/C10H6F2O5/c1-16-10-5-4(11)2-3(8(13)14)7(12)6(5)9(15)17-10/h2,10H,1H3,(H,13,14). The Bertz CT molecular complexity index is 526. The smallest absolute Gasteiger partial charge is 0.344 e. The first-order chi connectivity index (χ1) is 7.97. The zero-order valence-corrected chi connectivity index (χ0v) is 8.49. The predicted octanol–water partition coefficient (Wildman–Crippen LogP) is 1.48. The van der Waals surface area contributed by atoms with E-state index in [2.05, 4.69) is 9.47 Å². The van der Waals surface area contributed by atoms with Gasteiger partial charge in [0, 0.05) is 7.11 Å². The number of carboxylic acids is 1. The quantitative estimate of drug-likeness (QED) is 0.797. The molecule has 1 aromatic rings. The molecule has 1 unspecified atom stereocenters. The Morgan fingerprint density at radius 1 is 1.53 bits per heavy atom. The molecule has 0 saturated heterocycles. The Morgan fingerprint density at radius 2 is 2.18 bits per heavy atom. The molecule has 0 bridgehead atoms. The molecule has 1 N–H and O–H groups in total. The lowest BCUT2D eigenvalue weighted by molar-refractivity contribution is -0.0830. The van der Waals surface area contributed by atoms with Gasteiger partial charge < -0.3 is 14.6 Å². The molecule has 90 valence electrons. The highest BCUT2D eigenvalue weighted by Crippen LogP contribution is 2.36. The SMILES string of the molecule is COC1OC(=O)c2c(F)c(C(=O)O)cc(F)c21. The number of benzene rings is 1. The maximum atomic E-state index is 13.7. The van der Waals surface area contributed by atoms with Crippen molar-refractivity contribution in [2.75, 3.05) is 7.11 Å². The summed E-state index contributed by atoms with van der Waals surface area (Å²) in [6, 6.07) is 0.491. The second-order valence-electron chi connectivity index (χ2n) is 3.29. The van der Waals surface area contributed by atoms with E-state index in [1.165, 1.54) is 0 Å². The Kier molecular flexibility index (Phi) is 2.55. The van der Waals surface area contributed by atoms with Crippen molar-refractivity contribution in [2.24, 2.45) is 0 Å². The number of carboxylic acid groups (broad SMARTS) is 1. The van der Waals surface area contributed by atoms with E-state index in [-0.39, 0.29) is 0 Å². The molecular formula is C10H6F2O5. The van der Waals surface area contributed by atoms with E-state index in [1.54, 1.807) is 0 Å². The van der Waals surface area contributed by atoms with Crippen LogP contribution in [-0.2, 0) is 9.47 Å². The molecule has 7 heteroatoms. The minimum Gasteiger partial charge on any atom is -0.478 e.